The van der Waals surface area contributed by atoms with Gasteiger partial charge < -0.3 is 14.6 Å². The van der Waals surface area contributed by atoms with Crippen LogP contribution in [0.1, 0.15) is 31.5 Å². The van der Waals surface area contributed by atoms with E-state index in [-0.39, 0.29) is 11.8 Å². The smallest absolute Gasteiger partial charge is 0.223 e. The molecule has 1 amide bonds. The first-order valence-electron chi connectivity index (χ1n) is 10.3. The third-order valence-corrected chi connectivity index (χ3v) is 5.51. The number of rotatable bonds is 10. The number of hydrogen-bond acceptors (Lipinski definition) is 3. The van der Waals surface area contributed by atoms with E-state index in [1.807, 2.05) is 42.5 Å². The topological polar surface area (TPSA) is 56.2 Å². The second-order valence-electron chi connectivity index (χ2n) is 7.47. The number of nitrogens with zero attached hydrogens (tertiary/aromatic N) is 2. The van der Waals surface area contributed by atoms with E-state index in [0.29, 0.717) is 18.2 Å². The molecule has 1 heterocycles. The highest BCUT2D eigenvalue weighted by Gasteiger charge is 2.29. The van der Waals surface area contributed by atoms with Crippen molar-refractivity contribution in [2.45, 2.75) is 38.6 Å². The normalized spacial score (nSPS) is 13.6. The number of amides is 1. The van der Waals surface area contributed by atoms with Crippen molar-refractivity contribution in [3.8, 4) is 5.75 Å². The number of hydrogen-bond donors (Lipinski definition) is 1. The fraction of sp³-hybridized carbons (Fsp3) is 0.391. The molecule has 152 valence electrons. The maximum atomic E-state index is 11.9. The van der Waals surface area contributed by atoms with E-state index in [2.05, 4.69) is 16.0 Å². The Morgan fingerprint density at radius 2 is 1.93 bits per heavy atom. The molecule has 1 aromatic heterocycles. The standard InChI is InChI=1S/C23H26ClN3O2/c24-18-7-1-4-10-21(18)29-16-6-5-15-27-20-9-3-2-8-19(20)26-22(27)13-14-25-23(28)17-11-12-17/h1-4,7-10,17H,5-6,11-16H2,(H,25,28). The fourth-order valence-corrected chi connectivity index (χ4v) is 3.66. The summed E-state index contributed by atoms with van der Waals surface area (Å²) < 4.78 is 8.06. The van der Waals surface area contributed by atoms with Crippen molar-refractivity contribution in [3.05, 3.63) is 59.4 Å². The van der Waals surface area contributed by atoms with Gasteiger partial charge in [-0.3, -0.25) is 4.79 Å². The molecular weight excluding hydrogens is 386 g/mol. The molecule has 0 atom stereocenters. The first-order valence-corrected chi connectivity index (χ1v) is 10.7. The summed E-state index contributed by atoms with van der Waals surface area (Å²) in [6.07, 6.45) is 4.70. The molecule has 0 radical (unpaired) electrons. The molecule has 1 aliphatic rings. The van der Waals surface area contributed by atoms with Crippen molar-refractivity contribution < 1.29 is 9.53 Å². The zero-order chi connectivity index (χ0) is 20.1. The molecule has 5 nitrogen and oxygen atoms in total. The van der Waals surface area contributed by atoms with Gasteiger partial charge in [0.15, 0.2) is 0 Å². The molecule has 1 aliphatic carbocycles. The molecule has 0 spiro atoms. The van der Waals surface area contributed by atoms with Gasteiger partial charge in [0.2, 0.25) is 5.91 Å². The van der Waals surface area contributed by atoms with Crippen LogP contribution >= 0.6 is 11.6 Å². The minimum atomic E-state index is 0.185. The van der Waals surface area contributed by atoms with Crippen LogP contribution in [-0.4, -0.2) is 28.6 Å². The quantitative estimate of drug-likeness (QED) is 0.495. The van der Waals surface area contributed by atoms with Crippen LogP contribution in [0.15, 0.2) is 48.5 Å². The summed E-state index contributed by atoms with van der Waals surface area (Å²) in [5.74, 6) is 2.18. The highest BCUT2D eigenvalue weighted by atomic mass is 35.5. The number of para-hydroxylation sites is 3. The average Bonchev–Trinajstić information content (AvgIpc) is 3.52. The van der Waals surface area contributed by atoms with E-state index in [1.165, 1.54) is 0 Å². The van der Waals surface area contributed by atoms with Gasteiger partial charge in [0.25, 0.3) is 0 Å². The Labute approximate surface area is 176 Å². The van der Waals surface area contributed by atoms with Gasteiger partial charge in [0.1, 0.15) is 11.6 Å². The van der Waals surface area contributed by atoms with Gasteiger partial charge in [0.05, 0.1) is 22.7 Å². The first kappa shape index (κ1) is 19.8. The zero-order valence-corrected chi connectivity index (χ0v) is 17.2. The van der Waals surface area contributed by atoms with Gasteiger partial charge in [-0.1, -0.05) is 35.9 Å². The largest absolute Gasteiger partial charge is 0.492 e. The number of fused-ring (bicyclic) bond motifs is 1. The van der Waals surface area contributed by atoms with E-state index in [9.17, 15) is 4.79 Å². The second kappa shape index (κ2) is 9.31. The Morgan fingerprint density at radius 3 is 2.76 bits per heavy atom. The molecule has 0 saturated heterocycles. The van der Waals surface area contributed by atoms with Gasteiger partial charge in [-0.05, 0) is 49.9 Å². The third-order valence-electron chi connectivity index (χ3n) is 5.20. The monoisotopic (exact) mass is 411 g/mol. The summed E-state index contributed by atoms with van der Waals surface area (Å²) in [4.78, 5) is 16.7. The molecule has 1 N–H and O–H groups in total. The summed E-state index contributed by atoms with van der Waals surface area (Å²) in [6, 6.07) is 15.7. The van der Waals surface area contributed by atoms with E-state index < -0.39 is 0 Å². The van der Waals surface area contributed by atoms with Gasteiger partial charge >= 0.3 is 0 Å². The molecule has 1 fully saturated rings. The lowest BCUT2D eigenvalue weighted by Gasteiger charge is -2.11. The summed E-state index contributed by atoms with van der Waals surface area (Å²) in [5, 5.41) is 3.68. The summed E-state index contributed by atoms with van der Waals surface area (Å²) in [6.45, 7) is 2.13. The van der Waals surface area contributed by atoms with Crippen LogP contribution in [0.3, 0.4) is 0 Å². The van der Waals surface area contributed by atoms with E-state index in [4.69, 9.17) is 21.3 Å². The maximum absolute atomic E-state index is 11.9. The van der Waals surface area contributed by atoms with Crippen LogP contribution in [0.2, 0.25) is 5.02 Å². The Bertz CT molecular complexity index is 981. The number of imidazole rings is 1. The molecule has 3 aromatic rings. The molecule has 0 bridgehead atoms. The fourth-order valence-electron chi connectivity index (χ4n) is 3.47. The molecule has 6 heteroatoms. The number of nitrogens with one attached hydrogen (secondary N) is 1. The predicted molar refractivity (Wildman–Crippen MR) is 115 cm³/mol. The van der Waals surface area contributed by atoms with Crippen LogP contribution in [-0.2, 0) is 17.8 Å². The van der Waals surface area contributed by atoms with E-state index >= 15 is 0 Å². The lowest BCUT2D eigenvalue weighted by Crippen LogP contribution is -2.27. The number of ether oxygens (including phenoxy) is 1. The van der Waals surface area contributed by atoms with Crippen molar-refractivity contribution >= 4 is 28.5 Å². The number of aromatic nitrogens is 2. The minimum absolute atomic E-state index is 0.185. The molecule has 1 saturated carbocycles. The Balaban J connectivity index is 1.32. The number of unbranched alkanes of at least 4 members (excludes halogenated alkanes) is 1. The number of aryl methyl sites for hydroxylation is 1. The summed E-state index contributed by atoms with van der Waals surface area (Å²) >= 11 is 6.13. The van der Waals surface area contributed by atoms with E-state index in [1.54, 1.807) is 0 Å². The van der Waals surface area contributed by atoms with Crippen molar-refractivity contribution in [2.24, 2.45) is 5.92 Å². The maximum Gasteiger partial charge on any atom is 0.223 e. The van der Waals surface area contributed by atoms with Crippen molar-refractivity contribution in [1.29, 1.82) is 0 Å². The van der Waals surface area contributed by atoms with Crippen LogP contribution in [0, 0.1) is 5.92 Å². The van der Waals surface area contributed by atoms with Crippen LogP contribution < -0.4 is 10.1 Å². The minimum Gasteiger partial charge on any atom is -0.492 e. The van der Waals surface area contributed by atoms with Gasteiger partial charge in [-0.15, -0.1) is 0 Å². The van der Waals surface area contributed by atoms with Crippen molar-refractivity contribution in [1.82, 2.24) is 14.9 Å². The lowest BCUT2D eigenvalue weighted by atomic mass is 10.2. The Kier molecular flexibility index (Phi) is 6.35. The Hall–Kier alpha value is -2.53. The van der Waals surface area contributed by atoms with Gasteiger partial charge in [-0.25, -0.2) is 4.98 Å². The molecule has 0 aliphatic heterocycles. The van der Waals surface area contributed by atoms with Crippen LogP contribution in [0.4, 0.5) is 0 Å². The number of benzene rings is 2. The van der Waals surface area contributed by atoms with Crippen molar-refractivity contribution in [2.75, 3.05) is 13.2 Å². The lowest BCUT2D eigenvalue weighted by molar-refractivity contribution is -0.122. The van der Waals surface area contributed by atoms with Gasteiger partial charge in [-0.2, -0.15) is 0 Å². The summed E-state index contributed by atoms with van der Waals surface area (Å²) in [5.41, 5.74) is 2.14. The second-order valence-corrected chi connectivity index (χ2v) is 7.88. The van der Waals surface area contributed by atoms with Crippen molar-refractivity contribution in [3.63, 3.8) is 0 Å². The molecule has 0 unspecified atom stereocenters. The highest BCUT2D eigenvalue weighted by molar-refractivity contribution is 6.32. The predicted octanol–water partition coefficient (Wildman–Crippen LogP) is 4.62. The van der Waals surface area contributed by atoms with Crippen LogP contribution in [0.5, 0.6) is 5.75 Å². The molecule has 29 heavy (non-hydrogen) atoms. The molecule has 4 rings (SSSR count). The number of halogens is 1. The van der Waals surface area contributed by atoms with E-state index in [0.717, 1.165) is 61.3 Å². The highest BCUT2D eigenvalue weighted by Crippen LogP contribution is 2.28. The summed E-state index contributed by atoms with van der Waals surface area (Å²) in [7, 11) is 0. The average molecular weight is 412 g/mol. The number of carbonyl (C=O) groups excluding carboxylic acids is 1. The van der Waals surface area contributed by atoms with Gasteiger partial charge in [0, 0.05) is 25.4 Å². The number of carbonyl (C=O) groups is 1. The zero-order valence-electron chi connectivity index (χ0n) is 16.4. The molecular formula is C23H26ClN3O2. The SMILES string of the molecule is O=C(NCCc1nc2ccccc2n1CCCCOc1ccccc1Cl)C1CC1. The Morgan fingerprint density at radius 1 is 1.14 bits per heavy atom. The van der Waals surface area contributed by atoms with Crippen LogP contribution in [0.25, 0.3) is 11.0 Å². The first-order chi connectivity index (χ1) is 14.2. The third kappa shape index (κ3) is 5.10. The molecule has 2 aromatic carbocycles.